The van der Waals surface area contributed by atoms with Crippen molar-refractivity contribution >= 4 is 40.7 Å². The maximum Gasteiger partial charge on any atom is 0.255 e. The van der Waals surface area contributed by atoms with E-state index in [0.29, 0.717) is 15.7 Å². The SMILES string of the molecule is CNC(=O)c1cnn(-c2cc(Cl)cc(Cl)c2)c1Cl. The third-order valence-electron chi connectivity index (χ3n) is 2.27. The van der Waals surface area contributed by atoms with Crippen LogP contribution in [0.2, 0.25) is 15.2 Å². The fraction of sp³-hybridized carbons (Fsp3) is 0.0909. The second kappa shape index (κ2) is 5.18. The molecule has 18 heavy (non-hydrogen) atoms. The van der Waals surface area contributed by atoms with Crippen LogP contribution in [-0.4, -0.2) is 22.7 Å². The molecule has 2 rings (SSSR count). The molecule has 0 fully saturated rings. The summed E-state index contributed by atoms with van der Waals surface area (Å²) in [5.74, 6) is -0.306. The number of hydrogen-bond donors (Lipinski definition) is 1. The molecule has 4 nitrogen and oxygen atoms in total. The van der Waals surface area contributed by atoms with Crippen molar-refractivity contribution in [1.82, 2.24) is 15.1 Å². The van der Waals surface area contributed by atoms with E-state index < -0.39 is 0 Å². The van der Waals surface area contributed by atoms with Crippen molar-refractivity contribution in [3.8, 4) is 5.69 Å². The number of nitrogens with one attached hydrogen (secondary N) is 1. The first-order chi connectivity index (χ1) is 8.52. The molecule has 1 amide bonds. The smallest absolute Gasteiger partial charge is 0.255 e. The molecular weight excluding hydrogens is 296 g/mol. The van der Waals surface area contributed by atoms with E-state index in [0.717, 1.165) is 0 Å². The minimum absolute atomic E-state index is 0.202. The number of halogens is 3. The number of carbonyl (C=O) groups is 1. The zero-order chi connectivity index (χ0) is 13.3. The molecule has 1 aromatic carbocycles. The topological polar surface area (TPSA) is 46.9 Å². The van der Waals surface area contributed by atoms with Crippen LogP contribution in [0.25, 0.3) is 5.69 Å². The molecule has 94 valence electrons. The van der Waals surface area contributed by atoms with Gasteiger partial charge >= 0.3 is 0 Å². The van der Waals surface area contributed by atoms with Crippen molar-refractivity contribution in [3.05, 3.63) is 45.2 Å². The summed E-state index contributed by atoms with van der Waals surface area (Å²) < 4.78 is 1.39. The Hall–Kier alpha value is -1.23. The van der Waals surface area contributed by atoms with Gasteiger partial charge in [-0.05, 0) is 18.2 Å². The Morgan fingerprint density at radius 3 is 2.39 bits per heavy atom. The zero-order valence-corrected chi connectivity index (χ0v) is 11.5. The molecule has 7 heteroatoms. The van der Waals surface area contributed by atoms with Crippen molar-refractivity contribution in [3.63, 3.8) is 0 Å². The van der Waals surface area contributed by atoms with Crippen molar-refractivity contribution < 1.29 is 4.79 Å². The summed E-state index contributed by atoms with van der Waals surface area (Å²) in [7, 11) is 1.52. The van der Waals surface area contributed by atoms with Gasteiger partial charge in [0.15, 0.2) is 0 Å². The van der Waals surface area contributed by atoms with Gasteiger partial charge in [-0.2, -0.15) is 5.10 Å². The van der Waals surface area contributed by atoms with Crippen LogP contribution in [0, 0.1) is 0 Å². The van der Waals surface area contributed by atoms with E-state index in [4.69, 9.17) is 34.8 Å². The molecule has 0 radical (unpaired) electrons. The number of carbonyl (C=O) groups excluding carboxylic acids is 1. The second-order valence-corrected chi connectivity index (χ2v) is 4.70. The van der Waals surface area contributed by atoms with Gasteiger partial charge in [0.25, 0.3) is 5.91 Å². The quantitative estimate of drug-likeness (QED) is 0.926. The van der Waals surface area contributed by atoms with E-state index >= 15 is 0 Å². The van der Waals surface area contributed by atoms with Crippen LogP contribution in [-0.2, 0) is 0 Å². The molecule has 1 N–H and O–H groups in total. The predicted molar refractivity (Wildman–Crippen MR) is 72.0 cm³/mol. The van der Waals surface area contributed by atoms with Gasteiger partial charge < -0.3 is 5.32 Å². The second-order valence-electron chi connectivity index (χ2n) is 3.47. The lowest BCUT2D eigenvalue weighted by atomic mass is 10.3. The van der Waals surface area contributed by atoms with Crippen LogP contribution < -0.4 is 5.32 Å². The normalized spacial score (nSPS) is 10.4. The Bertz CT molecular complexity index is 589. The predicted octanol–water partition coefficient (Wildman–Crippen LogP) is 3.19. The highest BCUT2D eigenvalue weighted by atomic mass is 35.5. The summed E-state index contributed by atoms with van der Waals surface area (Å²) in [6.45, 7) is 0. The van der Waals surface area contributed by atoms with E-state index in [2.05, 4.69) is 10.4 Å². The molecule has 0 unspecified atom stereocenters. The third kappa shape index (κ3) is 2.46. The summed E-state index contributed by atoms with van der Waals surface area (Å²) in [6.07, 6.45) is 1.38. The van der Waals surface area contributed by atoms with Crippen LogP contribution in [0.15, 0.2) is 24.4 Å². The molecule has 0 spiro atoms. The summed E-state index contributed by atoms with van der Waals surface area (Å²) in [4.78, 5) is 11.5. The maximum atomic E-state index is 11.5. The molecule has 0 aliphatic rings. The molecule has 1 aromatic heterocycles. The highest BCUT2D eigenvalue weighted by Crippen LogP contribution is 2.25. The van der Waals surface area contributed by atoms with E-state index in [1.54, 1.807) is 18.2 Å². The molecule has 0 saturated carbocycles. The minimum Gasteiger partial charge on any atom is -0.355 e. The third-order valence-corrected chi connectivity index (χ3v) is 3.07. The van der Waals surface area contributed by atoms with E-state index in [1.807, 2.05) is 0 Å². The molecule has 0 bridgehead atoms. The lowest BCUT2D eigenvalue weighted by Gasteiger charge is -2.05. The van der Waals surface area contributed by atoms with Gasteiger partial charge in [0.1, 0.15) is 5.15 Å². The number of hydrogen-bond acceptors (Lipinski definition) is 2. The van der Waals surface area contributed by atoms with Crippen molar-refractivity contribution in [2.75, 3.05) is 7.05 Å². The average Bonchev–Trinajstić information content (AvgIpc) is 2.69. The number of benzene rings is 1. The summed E-state index contributed by atoms with van der Waals surface area (Å²) in [5, 5.41) is 7.65. The number of rotatable bonds is 2. The zero-order valence-electron chi connectivity index (χ0n) is 9.25. The van der Waals surface area contributed by atoms with E-state index in [9.17, 15) is 4.79 Å². The van der Waals surface area contributed by atoms with Crippen molar-refractivity contribution in [1.29, 1.82) is 0 Å². The van der Waals surface area contributed by atoms with E-state index in [-0.39, 0.29) is 16.6 Å². The average molecular weight is 305 g/mol. The van der Waals surface area contributed by atoms with Crippen molar-refractivity contribution in [2.24, 2.45) is 0 Å². The fourth-order valence-corrected chi connectivity index (χ4v) is 2.25. The Morgan fingerprint density at radius 2 is 1.83 bits per heavy atom. The minimum atomic E-state index is -0.306. The maximum absolute atomic E-state index is 11.5. The molecule has 0 aliphatic heterocycles. The Morgan fingerprint density at radius 1 is 1.22 bits per heavy atom. The molecule has 0 aliphatic carbocycles. The lowest BCUT2D eigenvalue weighted by Crippen LogP contribution is -2.17. The summed E-state index contributed by atoms with van der Waals surface area (Å²) >= 11 is 17.9. The highest BCUT2D eigenvalue weighted by molar-refractivity contribution is 6.35. The van der Waals surface area contributed by atoms with Gasteiger partial charge in [0.05, 0.1) is 17.4 Å². The molecule has 2 aromatic rings. The standard InChI is InChI=1S/C11H8Cl3N3O/c1-15-11(18)9-5-16-17(10(9)14)8-3-6(12)2-7(13)4-8/h2-5H,1H3,(H,15,18). The van der Waals surface area contributed by atoms with Crippen LogP contribution >= 0.6 is 34.8 Å². The lowest BCUT2D eigenvalue weighted by molar-refractivity contribution is 0.0963. The Kier molecular flexibility index (Phi) is 3.80. The van der Waals surface area contributed by atoms with Crippen LogP contribution in [0.4, 0.5) is 0 Å². The van der Waals surface area contributed by atoms with Gasteiger partial charge in [-0.25, -0.2) is 4.68 Å². The van der Waals surface area contributed by atoms with Crippen LogP contribution in [0.5, 0.6) is 0 Å². The number of amides is 1. The number of nitrogens with zero attached hydrogens (tertiary/aromatic N) is 2. The first-order valence-electron chi connectivity index (χ1n) is 4.95. The number of aromatic nitrogens is 2. The van der Waals surface area contributed by atoms with Crippen LogP contribution in [0.1, 0.15) is 10.4 Å². The monoisotopic (exact) mass is 303 g/mol. The molecule has 0 atom stereocenters. The van der Waals surface area contributed by atoms with Gasteiger partial charge in [-0.3, -0.25) is 4.79 Å². The van der Waals surface area contributed by atoms with Crippen LogP contribution in [0.3, 0.4) is 0 Å². The molecule has 1 heterocycles. The Balaban J connectivity index is 2.52. The van der Waals surface area contributed by atoms with Gasteiger partial charge in [-0.15, -0.1) is 0 Å². The summed E-state index contributed by atoms with van der Waals surface area (Å²) in [5.41, 5.74) is 0.878. The fourth-order valence-electron chi connectivity index (χ4n) is 1.46. The first kappa shape index (κ1) is 13.2. The van der Waals surface area contributed by atoms with Gasteiger partial charge in [0, 0.05) is 17.1 Å². The largest absolute Gasteiger partial charge is 0.355 e. The Labute approximate surface area is 118 Å². The van der Waals surface area contributed by atoms with Gasteiger partial charge in [0.2, 0.25) is 0 Å². The van der Waals surface area contributed by atoms with Crippen molar-refractivity contribution in [2.45, 2.75) is 0 Å². The molecular formula is C11H8Cl3N3O. The first-order valence-corrected chi connectivity index (χ1v) is 6.08. The highest BCUT2D eigenvalue weighted by Gasteiger charge is 2.16. The summed E-state index contributed by atoms with van der Waals surface area (Å²) in [6, 6.07) is 4.91. The van der Waals surface area contributed by atoms with E-state index in [1.165, 1.54) is 17.9 Å². The molecule has 0 saturated heterocycles. The van der Waals surface area contributed by atoms with Gasteiger partial charge in [-0.1, -0.05) is 34.8 Å².